The van der Waals surface area contributed by atoms with E-state index in [-0.39, 0.29) is 6.54 Å². The van der Waals surface area contributed by atoms with E-state index >= 15 is 0 Å². The van der Waals surface area contributed by atoms with Crippen LogP contribution in [0.25, 0.3) is 0 Å². The SMILES string of the molecule is CCCn1n[c]c(F)c1SC(F)(F)F. The van der Waals surface area contributed by atoms with E-state index in [0.717, 1.165) is 4.68 Å². The van der Waals surface area contributed by atoms with Crippen LogP contribution in [0.3, 0.4) is 0 Å². The highest BCUT2D eigenvalue weighted by molar-refractivity contribution is 8.00. The van der Waals surface area contributed by atoms with E-state index < -0.39 is 28.1 Å². The van der Waals surface area contributed by atoms with Crippen molar-refractivity contribution in [2.45, 2.75) is 30.4 Å². The highest BCUT2D eigenvalue weighted by atomic mass is 32.2. The molecule has 0 aromatic carbocycles. The van der Waals surface area contributed by atoms with E-state index in [9.17, 15) is 17.6 Å². The molecule has 1 aromatic heterocycles. The van der Waals surface area contributed by atoms with Crippen LogP contribution in [0.15, 0.2) is 5.03 Å². The number of rotatable bonds is 3. The van der Waals surface area contributed by atoms with Crippen molar-refractivity contribution in [3.05, 3.63) is 12.0 Å². The van der Waals surface area contributed by atoms with Crippen molar-refractivity contribution in [3.8, 4) is 0 Å². The van der Waals surface area contributed by atoms with Gasteiger partial charge in [-0.25, -0.2) is 4.39 Å². The van der Waals surface area contributed by atoms with Gasteiger partial charge in [-0.1, -0.05) is 6.92 Å². The minimum atomic E-state index is -4.50. The molecule has 0 N–H and O–H groups in total. The van der Waals surface area contributed by atoms with E-state index in [1.165, 1.54) is 0 Å². The smallest absolute Gasteiger partial charge is 0.255 e. The van der Waals surface area contributed by atoms with Crippen LogP contribution in [0.4, 0.5) is 17.6 Å². The number of aromatic nitrogens is 2. The second kappa shape index (κ2) is 4.20. The van der Waals surface area contributed by atoms with Crippen LogP contribution >= 0.6 is 11.8 Å². The van der Waals surface area contributed by atoms with Crippen molar-refractivity contribution in [3.63, 3.8) is 0 Å². The van der Waals surface area contributed by atoms with Gasteiger partial charge in [0, 0.05) is 18.3 Å². The van der Waals surface area contributed by atoms with Gasteiger partial charge in [-0.05, 0) is 6.42 Å². The molecule has 0 aliphatic rings. The zero-order valence-corrected chi connectivity index (χ0v) is 8.05. The summed E-state index contributed by atoms with van der Waals surface area (Å²) in [5.41, 5.74) is -4.50. The van der Waals surface area contributed by atoms with Crippen LogP contribution in [-0.2, 0) is 6.54 Å². The maximum atomic E-state index is 12.8. The number of hydrogen-bond donors (Lipinski definition) is 0. The first-order chi connectivity index (χ1) is 6.44. The molecule has 1 heterocycles. The van der Waals surface area contributed by atoms with Crippen LogP contribution < -0.4 is 0 Å². The summed E-state index contributed by atoms with van der Waals surface area (Å²) in [5.74, 6) is -1.05. The molecule has 1 radical (unpaired) electrons. The molecule has 0 amide bonds. The van der Waals surface area contributed by atoms with Crippen LogP contribution in [0, 0.1) is 12.0 Å². The molecule has 0 atom stereocenters. The maximum Gasteiger partial charge on any atom is 0.447 e. The van der Waals surface area contributed by atoms with Gasteiger partial charge in [0.15, 0.2) is 12.0 Å². The van der Waals surface area contributed by atoms with Crippen molar-refractivity contribution in [2.24, 2.45) is 0 Å². The van der Waals surface area contributed by atoms with Gasteiger partial charge < -0.3 is 0 Å². The average Bonchev–Trinajstić information content (AvgIpc) is 2.34. The first-order valence-electron chi connectivity index (χ1n) is 3.83. The Morgan fingerprint density at radius 3 is 2.64 bits per heavy atom. The number of thioether (sulfide) groups is 1. The molecule has 0 bridgehead atoms. The van der Waals surface area contributed by atoms with E-state index in [4.69, 9.17) is 0 Å². The molecule has 0 saturated heterocycles. The zero-order chi connectivity index (χ0) is 10.8. The Kier molecular flexibility index (Phi) is 3.41. The molecule has 7 heteroatoms. The molecular weight excluding hydrogens is 220 g/mol. The molecule has 0 saturated carbocycles. The average molecular weight is 227 g/mol. The molecular formula is C7H7F4N2S. The van der Waals surface area contributed by atoms with E-state index in [1.807, 2.05) is 6.20 Å². The van der Waals surface area contributed by atoms with Crippen molar-refractivity contribution in [1.29, 1.82) is 0 Å². The van der Waals surface area contributed by atoms with Gasteiger partial charge >= 0.3 is 5.51 Å². The Morgan fingerprint density at radius 1 is 1.50 bits per heavy atom. The lowest BCUT2D eigenvalue weighted by atomic mass is 10.5. The Morgan fingerprint density at radius 2 is 2.14 bits per heavy atom. The molecule has 1 rings (SSSR count). The van der Waals surface area contributed by atoms with Gasteiger partial charge in [0.05, 0.1) is 0 Å². The highest BCUT2D eigenvalue weighted by Crippen LogP contribution is 2.37. The minimum absolute atomic E-state index is 0.249. The fraction of sp³-hybridized carbons (Fsp3) is 0.571. The molecule has 79 valence electrons. The van der Waals surface area contributed by atoms with E-state index in [1.54, 1.807) is 6.92 Å². The lowest BCUT2D eigenvalue weighted by molar-refractivity contribution is -0.0332. The summed E-state index contributed by atoms with van der Waals surface area (Å²) >= 11 is -0.505. The molecule has 0 fully saturated rings. The van der Waals surface area contributed by atoms with Gasteiger partial charge in [0.1, 0.15) is 5.03 Å². The summed E-state index contributed by atoms with van der Waals surface area (Å²) in [7, 11) is 0. The zero-order valence-electron chi connectivity index (χ0n) is 7.23. The van der Waals surface area contributed by atoms with Gasteiger partial charge in [-0.15, -0.1) is 0 Å². The molecule has 1 aromatic rings. The normalized spacial score (nSPS) is 12.1. The van der Waals surface area contributed by atoms with Crippen LogP contribution in [0.1, 0.15) is 13.3 Å². The standard InChI is InChI=1S/C7H7F4N2S/c1-2-3-13-6(5(8)4-12-13)14-7(9,10)11/h2-3H2,1H3. The van der Waals surface area contributed by atoms with Crippen molar-refractivity contribution in [2.75, 3.05) is 0 Å². The van der Waals surface area contributed by atoms with Crippen LogP contribution in [0.2, 0.25) is 0 Å². The summed E-state index contributed by atoms with van der Waals surface area (Å²) in [6, 6.07) is 0. The van der Waals surface area contributed by atoms with Crippen LogP contribution in [0.5, 0.6) is 0 Å². The maximum absolute atomic E-state index is 12.8. The second-order valence-corrected chi connectivity index (χ2v) is 3.56. The Balaban J connectivity index is 2.88. The minimum Gasteiger partial charge on any atom is -0.255 e. The Labute approximate surface area is 82.3 Å². The number of aryl methyl sites for hydroxylation is 1. The van der Waals surface area contributed by atoms with Crippen molar-refractivity contribution < 1.29 is 17.6 Å². The first kappa shape index (κ1) is 11.4. The topological polar surface area (TPSA) is 17.8 Å². The summed E-state index contributed by atoms with van der Waals surface area (Å²) in [6.07, 6.45) is 2.45. The van der Waals surface area contributed by atoms with Gasteiger partial charge in [0.25, 0.3) is 0 Å². The van der Waals surface area contributed by atoms with E-state index in [0.29, 0.717) is 6.42 Å². The predicted octanol–water partition coefficient (Wildman–Crippen LogP) is 2.84. The third-order valence-electron chi connectivity index (χ3n) is 1.34. The first-order valence-corrected chi connectivity index (χ1v) is 4.65. The van der Waals surface area contributed by atoms with Gasteiger partial charge in [-0.3, -0.25) is 4.68 Å². The molecule has 0 aliphatic carbocycles. The third kappa shape index (κ3) is 2.90. The molecule has 14 heavy (non-hydrogen) atoms. The molecule has 0 spiro atoms. The molecule has 2 nitrogen and oxygen atoms in total. The van der Waals surface area contributed by atoms with E-state index in [2.05, 4.69) is 5.10 Å². The summed E-state index contributed by atoms with van der Waals surface area (Å²) in [4.78, 5) is 0. The lowest BCUT2D eigenvalue weighted by Gasteiger charge is -2.07. The third-order valence-corrected chi connectivity index (χ3v) is 2.15. The summed E-state index contributed by atoms with van der Waals surface area (Å²) in [6.45, 7) is 2.01. The number of alkyl halides is 3. The predicted molar refractivity (Wildman–Crippen MR) is 43.2 cm³/mol. The quantitative estimate of drug-likeness (QED) is 0.583. The van der Waals surface area contributed by atoms with Gasteiger partial charge in [-0.2, -0.15) is 18.3 Å². The second-order valence-electron chi connectivity index (χ2n) is 2.50. The molecule has 0 unspecified atom stereocenters. The number of nitrogens with zero attached hydrogens (tertiary/aromatic N) is 2. The fourth-order valence-corrected chi connectivity index (χ4v) is 1.47. The Hall–Kier alpha value is -0.720. The summed E-state index contributed by atoms with van der Waals surface area (Å²) in [5, 5.41) is 2.86. The molecule has 0 aliphatic heterocycles. The van der Waals surface area contributed by atoms with Gasteiger partial charge in [0.2, 0.25) is 0 Å². The van der Waals surface area contributed by atoms with Crippen molar-refractivity contribution in [1.82, 2.24) is 9.78 Å². The fourth-order valence-electron chi connectivity index (χ4n) is 0.881. The largest absolute Gasteiger partial charge is 0.447 e. The lowest BCUT2D eigenvalue weighted by Crippen LogP contribution is -2.06. The highest BCUT2D eigenvalue weighted by Gasteiger charge is 2.33. The number of hydrogen-bond acceptors (Lipinski definition) is 2. The Bertz CT molecular complexity index is 307. The number of halogens is 4. The van der Waals surface area contributed by atoms with Crippen molar-refractivity contribution >= 4 is 11.8 Å². The summed E-state index contributed by atoms with van der Waals surface area (Å²) < 4.78 is 49.7. The van der Waals surface area contributed by atoms with Crippen LogP contribution in [-0.4, -0.2) is 15.3 Å². The monoisotopic (exact) mass is 227 g/mol.